The van der Waals surface area contributed by atoms with Gasteiger partial charge in [-0.25, -0.2) is 0 Å². The van der Waals surface area contributed by atoms with Crippen LogP contribution in [-0.2, 0) is 0 Å². The molecule has 0 aromatic carbocycles. The fourth-order valence-electron chi connectivity index (χ4n) is 1.18. The summed E-state index contributed by atoms with van der Waals surface area (Å²) in [6.07, 6.45) is 1.09. The van der Waals surface area contributed by atoms with E-state index in [1.54, 1.807) is 0 Å². The molecule has 0 aliphatic carbocycles. The first-order valence-electron chi connectivity index (χ1n) is 3.85. The first-order chi connectivity index (χ1) is 5.25. The molecule has 0 bridgehead atoms. The molecule has 1 aromatic heterocycles. The summed E-state index contributed by atoms with van der Waals surface area (Å²) in [7, 11) is 0. The van der Waals surface area contributed by atoms with Gasteiger partial charge >= 0.3 is 0 Å². The molecule has 0 saturated carbocycles. The lowest BCUT2D eigenvalue weighted by molar-refractivity contribution is 0.748. The molecule has 0 radical (unpaired) electrons. The summed E-state index contributed by atoms with van der Waals surface area (Å²) in [5.74, 6) is 1.39. The molecule has 0 aliphatic heterocycles. The summed E-state index contributed by atoms with van der Waals surface area (Å²) in [5.41, 5.74) is 1.41. The Hall–Kier alpha value is -0.0100. The Kier molecular flexibility index (Phi) is 3.41. The molecule has 0 saturated heterocycles. The van der Waals surface area contributed by atoms with Crippen LogP contribution in [-0.4, -0.2) is 5.88 Å². The van der Waals surface area contributed by atoms with Gasteiger partial charge in [0, 0.05) is 10.8 Å². The highest BCUT2D eigenvalue weighted by Gasteiger charge is 2.08. The SMILES string of the molecule is Cc1ccsc1C(C)CCCl. The molecule has 62 valence electrons. The molecule has 0 spiro atoms. The van der Waals surface area contributed by atoms with Gasteiger partial charge in [0.05, 0.1) is 0 Å². The lowest BCUT2D eigenvalue weighted by atomic mass is 10.0. The van der Waals surface area contributed by atoms with Crippen LogP contribution in [0.1, 0.15) is 29.7 Å². The Labute approximate surface area is 77.2 Å². The summed E-state index contributed by atoms with van der Waals surface area (Å²) < 4.78 is 0. The van der Waals surface area contributed by atoms with E-state index in [9.17, 15) is 0 Å². The van der Waals surface area contributed by atoms with E-state index in [0.29, 0.717) is 5.92 Å². The molecule has 0 nitrogen and oxygen atoms in total. The van der Waals surface area contributed by atoms with Gasteiger partial charge < -0.3 is 0 Å². The van der Waals surface area contributed by atoms with E-state index in [0.717, 1.165) is 12.3 Å². The highest BCUT2D eigenvalue weighted by atomic mass is 35.5. The fraction of sp³-hybridized carbons (Fsp3) is 0.556. The van der Waals surface area contributed by atoms with Crippen LogP contribution in [0.3, 0.4) is 0 Å². The number of alkyl halides is 1. The van der Waals surface area contributed by atoms with E-state index in [-0.39, 0.29) is 0 Å². The van der Waals surface area contributed by atoms with E-state index >= 15 is 0 Å². The van der Waals surface area contributed by atoms with Crippen LogP contribution < -0.4 is 0 Å². The normalized spacial score (nSPS) is 13.4. The maximum absolute atomic E-state index is 5.67. The third-order valence-corrected chi connectivity index (χ3v) is 3.36. The van der Waals surface area contributed by atoms with E-state index in [1.807, 2.05) is 11.3 Å². The van der Waals surface area contributed by atoms with Crippen molar-refractivity contribution in [3.05, 3.63) is 21.9 Å². The summed E-state index contributed by atoms with van der Waals surface area (Å²) in [6.45, 7) is 4.40. The molecule has 1 atom stereocenters. The van der Waals surface area contributed by atoms with Gasteiger partial charge in [-0.3, -0.25) is 0 Å². The van der Waals surface area contributed by atoms with Gasteiger partial charge in [0.1, 0.15) is 0 Å². The smallest absolute Gasteiger partial charge is 0.0229 e. The van der Waals surface area contributed by atoms with Crippen molar-refractivity contribution in [1.82, 2.24) is 0 Å². The third kappa shape index (κ3) is 2.21. The van der Waals surface area contributed by atoms with Crippen molar-refractivity contribution < 1.29 is 0 Å². The Morgan fingerprint density at radius 2 is 2.36 bits per heavy atom. The molecule has 1 heterocycles. The van der Waals surface area contributed by atoms with Crippen LogP contribution in [0.4, 0.5) is 0 Å². The van der Waals surface area contributed by atoms with Crippen molar-refractivity contribution in [3.8, 4) is 0 Å². The van der Waals surface area contributed by atoms with E-state index in [1.165, 1.54) is 10.4 Å². The highest BCUT2D eigenvalue weighted by Crippen LogP contribution is 2.27. The number of halogens is 1. The molecule has 11 heavy (non-hydrogen) atoms. The van der Waals surface area contributed by atoms with Crippen LogP contribution >= 0.6 is 22.9 Å². The molecule has 0 amide bonds. The van der Waals surface area contributed by atoms with E-state index in [2.05, 4.69) is 25.3 Å². The molecule has 0 N–H and O–H groups in total. The van der Waals surface area contributed by atoms with Crippen LogP contribution in [0.2, 0.25) is 0 Å². The average molecular weight is 189 g/mol. The van der Waals surface area contributed by atoms with Gasteiger partial charge in [0.25, 0.3) is 0 Å². The first kappa shape index (κ1) is 9.08. The summed E-state index contributed by atoms with van der Waals surface area (Å²) >= 11 is 7.51. The van der Waals surface area contributed by atoms with E-state index < -0.39 is 0 Å². The van der Waals surface area contributed by atoms with Gasteiger partial charge in [-0.2, -0.15) is 0 Å². The summed E-state index contributed by atoms with van der Waals surface area (Å²) in [6, 6.07) is 2.17. The van der Waals surface area contributed by atoms with Crippen molar-refractivity contribution in [2.45, 2.75) is 26.2 Å². The second-order valence-electron chi connectivity index (χ2n) is 2.85. The third-order valence-electron chi connectivity index (χ3n) is 1.89. The Balaban J connectivity index is 2.67. The molecule has 0 aliphatic rings. The lowest BCUT2D eigenvalue weighted by Crippen LogP contribution is -1.92. The lowest BCUT2D eigenvalue weighted by Gasteiger charge is -2.07. The molecule has 1 rings (SSSR count). The Morgan fingerprint density at radius 1 is 1.64 bits per heavy atom. The van der Waals surface area contributed by atoms with Crippen molar-refractivity contribution in [1.29, 1.82) is 0 Å². The number of thiophene rings is 1. The first-order valence-corrected chi connectivity index (χ1v) is 5.27. The Bertz CT molecular complexity index is 217. The van der Waals surface area contributed by atoms with Crippen molar-refractivity contribution in [2.24, 2.45) is 0 Å². The topological polar surface area (TPSA) is 0 Å². The highest BCUT2D eigenvalue weighted by molar-refractivity contribution is 7.10. The maximum Gasteiger partial charge on any atom is 0.0229 e. The average Bonchev–Trinajstić information content (AvgIpc) is 2.36. The zero-order chi connectivity index (χ0) is 8.27. The minimum absolute atomic E-state index is 0.632. The monoisotopic (exact) mass is 188 g/mol. The molecule has 2 heteroatoms. The zero-order valence-electron chi connectivity index (χ0n) is 6.93. The number of hydrogen-bond donors (Lipinski definition) is 0. The summed E-state index contributed by atoms with van der Waals surface area (Å²) in [4.78, 5) is 1.49. The van der Waals surface area contributed by atoms with E-state index in [4.69, 9.17) is 11.6 Å². The zero-order valence-corrected chi connectivity index (χ0v) is 8.50. The van der Waals surface area contributed by atoms with Crippen LogP contribution in [0.25, 0.3) is 0 Å². The largest absolute Gasteiger partial charge is 0.148 e. The predicted octanol–water partition coefficient (Wildman–Crippen LogP) is 3.79. The van der Waals surface area contributed by atoms with Gasteiger partial charge in [0.15, 0.2) is 0 Å². The standard InChI is InChI=1S/C9H13ClS/c1-7(3-5-10)9-8(2)4-6-11-9/h4,6-7H,3,5H2,1-2H3. The molecule has 0 fully saturated rings. The summed E-state index contributed by atoms with van der Waals surface area (Å²) in [5, 5.41) is 2.15. The van der Waals surface area contributed by atoms with Crippen molar-refractivity contribution >= 4 is 22.9 Å². The van der Waals surface area contributed by atoms with Crippen LogP contribution in [0.5, 0.6) is 0 Å². The van der Waals surface area contributed by atoms with Crippen LogP contribution in [0.15, 0.2) is 11.4 Å². The van der Waals surface area contributed by atoms with Gasteiger partial charge in [-0.1, -0.05) is 6.92 Å². The number of hydrogen-bond acceptors (Lipinski definition) is 1. The maximum atomic E-state index is 5.67. The van der Waals surface area contributed by atoms with Crippen LogP contribution in [0, 0.1) is 6.92 Å². The van der Waals surface area contributed by atoms with Crippen molar-refractivity contribution in [2.75, 3.05) is 5.88 Å². The van der Waals surface area contributed by atoms with Crippen molar-refractivity contribution in [3.63, 3.8) is 0 Å². The molecular weight excluding hydrogens is 176 g/mol. The second kappa shape index (κ2) is 4.13. The van der Waals surface area contributed by atoms with Gasteiger partial charge in [-0.15, -0.1) is 22.9 Å². The minimum Gasteiger partial charge on any atom is -0.148 e. The Morgan fingerprint density at radius 3 is 2.82 bits per heavy atom. The molecule has 1 aromatic rings. The number of aryl methyl sites for hydroxylation is 1. The fourth-order valence-corrected chi connectivity index (χ4v) is 2.53. The molecule has 1 unspecified atom stereocenters. The van der Waals surface area contributed by atoms with Gasteiger partial charge in [0.2, 0.25) is 0 Å². The number of rotatable bonds is 3. The second-order valence-corrected chi connectivity index (χ2v) is 4.17. The quantitative estimate of drug-likeness (QED) is 0.634. The molecular formula is C9H13ClS. The van der Waals surface area contributed by atoms with Gasteiger partial charge in [-0.05, 0) is 36.3 Å². The predicted molar refractivity (Wildman–Crippen MR) is 52.8 cm³/mol. The minimum atomic E-state index is 0.632.